The van der Waals surface area contributed by atoms with Gasteiger partial charge in [0.25, 0.3) is 0 Å². The molecule has 2 unspecified atom stereocenters. The Morgan fingerprint density at radius 3 is 1.90 bits per heavy atom. The van der Waals surface area contributed by atoms with Gasteiger partial charge in [0, 0.05) is 5.41 Å². The van der Waals surface area contributed by atoms with Crippen LogP contribution in [0.15, 0.2) is 0 Å². The van der Waals surface area contributed by atoms with Crippen LogP contribution in [0.25, 0.3) is 0 Å². The maximum atomic E-state index is 11.8. The van der Waals surface area contributed by atoms with Gasteiger partial charge in [-0.05, 0) is 24.7 Å². The summed E-state index contributed by atoms with van der Waals surface area (Å²) in [6.45, 7) is 14.6. The van der Waals surface area contributed by atoms with Gasteiger partial charge in [0.2, 0.25) is 5.60 Å². The van der Waals surface area contributed by atoms with E-state index in [4.69, 9.17) is 9.78 Å². The molecule has 1 N–H and O–H groups in total. The summed E-state index contributed by atoms with van der Waals surface area (Å²) in [6, 6.07) is 0. The highest BCUT2D eigenvalue weighted by molar-refractivity contribution is 5.80. The van der Waals surface area contributed by atoms with Crippen molar-refractivity contribution in [1.29, 1.82) is 0 Å². The lowest BCUT2D eigenvalue weighted by molar-refractivity contribution is -0.563. The van der Waals surface area contributed by atoms with E-state index in [2.05, 4.69) is 41.5 Å². The van der Waals surface area contributed by atoms with E-state index in [1.54, 1.807) is 0 Å². The second kappa shape index (κ2) is 5.30. The third-order valence-electron chi connectivity index (χ3n) is 4.49. The van der Waals surface area contributed by atoms with E-state index in [9.17, 15) is 9.90 Å². The van der Waals surface area contributed by atoms with Crippen LogP contribution < -0.4 is 0 Å². The molecule has 1 rings (SSSR count). The molecule has 0 bridgehead atoms. The lowest BCUT2D eigenvalue weighted by atomic mass is 9.57. The van der Waals surface area contributed by atoms with E-state index >= 15 is 0 Å². The van der Waals surface area contributed by atoms with Crippen molar-refractivity contribution in [3.63, 3.8) is 0 Å². The molecule has 4 nitrogen and oxygen atoms in total. The Hall–Kier alpha value is -0.610. The van der Waals surface area contributed by atoms with Gasteiger partial charge in [0.15, 0.2) is 5.60 Å². The van der Waals surface area contributed by atoms with Crippen molar-refractivity contribution in [3.8, 4) is 0 Å². The standard InChI is InChI=1S/C16H30O4/c1-8-10-16(14(6,7)11-13(3,4)5)15(9-2,12(17)18)19-20-16/h8-11H2,1-7H3,(H,17,18). The molecule has 0 aromatic carbocycles. The predicted molar refractivity (Wildman–Crippen MR) is 78.3 cm³/mol. The Kier molecular flexibility index (Phi) is 4.62. The zero-order valence-corrected chi connectivity index (χ0v) is 14.0. The van der Waals surface area contributed by atoms with Gasteiger partial charge in [-0.1, -0.05) is 54.9 Å². The monoisotopic (exact) mass is 286 g/mol. The molecule has 0 amide bonds. The molecule has 0 aliphatic carbocycles. The van der Waals surface area contributed by atoms with Gasteiger partial charge in [-0.25, -0.2) is 14.6 Å². The largest absolute Gasteiger partial charge is 0.479 e. The summed E-state index contributed by atoms with van der Waals surface area (Å²) >= 11 is 0. The number of carboxylic acid groups (broad SMARTS) is 1. The molecule has 0 saturated carbocycles. The van der Waals surface area contributed by atoms with Crippen LogP contribution >= 0.6 is 0 Å². The molecule has 0 spiro atoms. The van der Waals surface area contributed by atoms with Gasteiger partial charge >= 0.3 is 5.97 Å². The molecule has 4 heteroatoms. The fourth-order valence-electron chi connectivity index (χ4n) is 4.01. The number of hydrogen-bond donors (Lipinski definition) is 1. The Labute approximate surface area is 122 Å². The van der Waals surface area contributed by atoms with Crippen LogP contribution in [0.4, 0.5) is 0 Å². The summed E-state index contributed by atoms with van der Waals surface area (Å²) in [6.07, 6.45) is 2.84. The average molecular weight is 286 g/mol. The SMILES string of the molecule is CCCC1(C(C)(C)CC(C)(C)C)OOC1(CC)C(=O)O. The van der Waals surface area contributed by atoms with Gasteiger partial charge in [-0.2, -0.15) is 0 Å². The molecular formula is C16H30O4. The molecule has 1 aliphatic heterocycles. The van der Waals surface area contributed by atoms with E-state index in [-0.39, 0.29) is 10.8 Å². The lowest BCUT2D eigenvalue weighted by Crippen LogP contribution is -2.76. The molecule has 0 radical (unpaired) electrons. The number of hydrogen-bond acceptors (Lipinski definition) is 3. The molecule has 118 valence electrons. The van der Waals surface area contributed by atoms with Crippen molar-refractivity contribution in [1.82, 2.24) is 0 Å². The third-order valence-corrected chi connectivity index (χ3v) is 4.49. The summed E-state index contributed by atoms with van der Waals surface area (Å²) in [4.78, 5) is 22.6. The zero-order chi connectivity index (χ0) is 15.8. The maximum absolute atomic E-state index is 11.8. The summed E-state index contributed by atoms with van der Waals surface area (Å²) in [5.41, 5.74) is -2.17. The summed E-state index contributed by atoms with van der Waals surface area (Å²) in [5.74, 6) is -0.915. The molecule has 1 saturated heterocycles. The van der Waals surface area contributed by atoms with Crippen molar-refractivity contribution in [3.05, 3.63) is 0 Å². The number of aliphatic carboxylic acids is 1. The second-order valence-electron chi connectivity index (χ2n) is 7.85. The lowest BCUT2D eigenvalue weighted by Gasteiger charge is -2.61. The third kappa shape index (κ3) is 2.48. The highest BCUT2D eigenvalue weighted by Crippen LogP contribution is 2.59. The maximum Gasteiger partial charge on any atom is 0.342 e. The van der Waals surface area contributed by atoms with Crippen LogP contribution in [0.5, 0.6) is 0 Å². The zero-order valence-electron chi connectivity index (χ0n) is 14.0. The van der Waals surface area contributed by atoms with Crippen LogP contribution in [-0.2, 0) is 14.6 Å². The molecule has 0 aromatic heterocycles. The van der Waals surface area contributed by atoms with Gasteiger partial charge < -0.3 is 5.11 Å². The number of rotatable bonds is 6. The normalized spacial score (nSPS) is 30.9. The first kappa shape index (κ1) is 17.4. The minimum atomic E-state index is -1.22. The second-order valence-corrected chi connectivity index (χ2v) is 7.85. The van der Waals surface area contributed by atoms with Crippen LogP contribution in [0, 0.1) is 10.8 Å². The van der Waals surface area contributed by atoms with E-state index in [1.807, 2.05) is 6.92 Å². The predicted octanol–water partition coefficient (Wildman–Crippen LogP) is 4.18. The Bertz CT molecular complexity index is 365. The minimum Gasteiger partial charge on any atom is -0.479 e. The van der Waals surface area contributed by atoms with Gasteiger partial charge in [-0.15, -0.1) is 0 Å². The van der Waals surface area contributed by atoms with Crippen LogP contribution in [-0.4, -0.2) is 22.3 Å². The van der Waals surface area contributed by atoms with Crippen LogP contribution in [0.1, 0.15) is 74.1 Å². The molecule has 20 heavy (non-hydrogen) atoms. The van der Waals surface area contributed by atoms with Crippen molar-refractivity contribution in [2.75, 3.05) is 0 Å². The average Bonchev–Trinajstić information content (AvgIpc) is 2.21. The Balaban J connectivity index is 3.26. The highest BCUT2D eigenvalue weighted by Gasteiger charge is 2.73. The quantitative estimate of drug-likeness (QED) is 0.744. The molecule has 1 aliphatic rings. The van der Waals surface area contributed by atoms with E-state index < -0.39 is 17.2 Å². The molecule has 0 aromatic rings. The summed E-state index contributed by atoms with van der Waals surface area (Å²) in [5, 5.41) is 9.70. The van der Waals surface area contributed by atoms with Crippen LogP contribution in [0.3, 0.4) is 0 Å². The van der Waals surface area contributed by atoms with Crippen molar-refractivity contribution >= 4 is 5.97 Å². The number of carboxylic acids is 1. The van der Waals surface area contributed by atoms with Gasteiger partial charge in [0.05, 0.1) is 0 Å². The smallest absolute Gasteiger partial charge is 0.342 e. The molecule has 2 atom stereocenters. The van der Waals surface area contributed by atoms with E-state index in [1.165, 1.54) is 0 Å². The van der Waals surface area contributed by atoms with E-state index in [0.29, 0.717) is 12.8 Å². The Morgan fingerprint density at radius 1 is 1.10 bits per heavy atom. The first-order chi connectivity index (χ1) is 8.98. The van der Waals surface area contributed by atoms with Crippen molar-refractivity contribution in [2.24, 2.45) is 10.8 Å². The first-order valence-corrected chi connectivity index (χ1v) is 7.58. The molecule has 1 heterocycles. The van der Waals surface area contributed by atoms with Crippen LogP contribution in [0.2, 0.25) is 0 Å². The van der Waals surface area contributed by atoms with Gasteiger partial charge in [0.1, 0.15) is 0 Å². The fourth-order valence-corrected chi connectivity index (χ4v) is 4.01. The summed E-state index contributed by atoms with van der Waals surface area (Å²) < 4.78 is 0. The molecule has 1 fully saturated rings. The highest BCUT2D eigenvalue weighted by atomic mass is 17.3. The van der Waals surface area contributed by atoms with Crippen molar-refractivity contribution < 1.29 is 19.7 Å². The van der Waals surface area contributed by atoms with E-state index in [0.717, 1.165) is 12.8 Å². The van der Waals surface area contributed by atoms with Gasteiger partial charge in [-0.3, -0.25) is 0 Å². The number of carbonyl (C=O) groups is 1. The Morgan fingerprint density at radius 2 is 1.65 bits per heavy atom. The fraction of sp³-hybridized carbons (Fsp3) is 0.938. The topological polar surface area (TPSA) is 55.8 Å². The minimum absolute atomic E-state index is 0.0984. The first-order valence-electron chi connectivity index (χ1n) is 7.58. The summed E-state index contributed by atoms with van der Waals surface area (Å²) in [7, 11) is 0. The molecular weight excluding hydrogens is 256 g/mol. The van der Waals surface area contributed by atoms with Crippen molar-refractivity contribution in [2.45, 2.75) is 85.4 Å².